The van der Waals surface area contributed by atoms with Crippen LogP contribution in [-0.4, -0.2) is 17.4 Å². The molecule has 0 unspecified atom stereocenters. The molecule has 0 atom stereocenters. The van der Waals surface area contributed by atoms with Crippen LogP contribution in [0.1, 0.15) is 15.9 Å². The lowest BCUT2D eigenvalue weighted by atomic mass is 10.1. The number of halogens is 1. The number of carbonyl (C=O) groups excluding carboxylic acids is 1. The molecule has 0 saturated carbocycles. The Morgan fingerprint density at radius 2 is 2.00 bits per heavy atom. The van der Waals surface area contributed by atoms with Crippen LogP contribution in [0.15, 0.2) is 42.7 Å². The van der Waals surface area contributed by atoms with E-state index in [9.17, 15) is 9.18 Å². The quantitative estimate of drug-likeness (QED) is 0.822. The molecular weight excluding hydrogens is 245 g/mol. The number of pyridine rings is 1. The lowest BCUT2D eigenvalue weighted by molar-refractivity contribution is 0.0954. The summed E-state index contributed by atoms with van der Waals surface area (Å²) in [7, 11) is 0. The molecule has 0 saturated heterocycles. The topological polar surface area (TPSA) is 68.0 Å². The summed E-state index contributed by atoms with van der Waals surface area (Å²) in [6, 6.07) is 7.50. The largest absolute Gasteiger partial charge is 0.398 e. The summed E-state index contributed by atoms with van der Waals surface area (Å²) in [4.78, 5) is 15.7. The lowest BCUT2D eigenvalue weighted by Crippen LogP contribution is -2.26. The highest BCUT2D eigenvalue weighted by Gasteiger charge is 2.10. The number of hydrogen-bond donors (Lipinski definition) is 2. The zero-order valence-electron chi connectivity index (χ0n) is 10.3. The smallest absolute Gasteiger partial charge is 0.253 e. The monoisotopic (exact) mass is 259 g/mol. The Balaban J connectivity index is 1.93. The van der Waals surface area contributed by atoms with Crippen LogP contribution >= 0.6 is 0 Å². The first-order valence-electron chi connectivity index (χ1n) is 5.89. The Kier molecular flexibility index (Phi) is 4.07. The first-order chi connectivity index (χ1) is 9.16. The summed E-state index contributed by atoms with van der Waals surface area (Å²) in [5, 5.41) is 2.71. The third-order valence-electron chi connectivity index (χ3n) is 2.71. The molecule has 2 aromatic rings. The number of anilines is 1. The summed E-state index contributed by atoms with van der Waals surface area (Å²) in [5.74, 6) is -0.848. The summed E-state index contributed by atoms with van der Waals surface area (Å²) >= 11 is 0. The van der Waals surface area contributed by atoms with E-state index in [-0.39, 0.29) is 17.2 Å². The van der Waals surface area contributed by atoms with Crippen molar-refractivity contribution in [2.45, 2.75) is 6.42 Å². The van der Waals surface area contributed by atoms with Gasteiger partial charge in [0.25, 0.3) is 5.91 Å². The first kappa shape index (κ1) is 13.0. The van der Waals surface area contributed by atoms with E-state index in [4.69, 9.17) is 5.73 Å². The minimum Gasteiger partial charge on any atom is -0.398 e. The molecular formula is C14H14FN3O. The van der Waals surface area contributed by atoms with Gasteiger partial charge >= 0.3 is 0 Å². The van der Waals surface area contributed by atoms with Crippen LogP contribution in [-0.2, 0) is 6.42 Å². The Morgan fingerprint density at radius 3 is 2.74 bits per heavy atom. The Morgan fingerprint density at radius 1 is 1.26 bits per heavy atom. The highest BCUT2D eigenvalue weighted by molar-refractivity contribution is 5.99. The summed E-state index contributed by atoms with van der Waals surface area (Å²) in [5.41, 5.74) is 7.14. The Labute approximate surface area is 110 Å². The average molecular weight is 259 g/mol. The molecule has 98 valence electrons. The zero-order chi connectivity index (χ0) is 13.7. The number of nitrogens with one attached hydrogen (secondary N) is 1. The van der Waals surface area contributed by atoms with E-state index in [1.165, 1.54) is 12.1 Å². The van der Waals surface area contributed by atoms with Gasteiger partial charge in [0, 0.05) is 24.6 Å². The average Bonchev–Trinajstić information content (AvgIpc) is 2.42. The van der Waals surface area contributed by atoms with Gasteiger partial charge in [-0.3, -0.25) is 9.78 Å². The Hall–Kier alpha value is -2.43. The van der Waals surface area contributed by atoms with Crippen LogP contribution in [0, 0.1) is 5.82 Å². The number of rotatable bonds is 4. The zero-order valence-corrected chi connectivity index (χ0v) is 10.3. The molecule has 0 aliphatic rings. The van der Waals surface area contributed by atoms with Crippen molar-refractivity contribution in [1.29, 1.82) is 0 Å². The van der Waals surface area contributed by atoms with Crippen LogP contribution in [0.4, 0.5) is 10.1 Å². The number of nitrogen functional groups attached to an aromatic ring is 1. The highest BCUT2D eigenvalue weighted by atomic mass is 19.1. The molecule has 5 heteroatoms. The highest BCUT2D eigenvalue weighted by Crippen LogP contribution is 2.12. The SMILES string of the molecule is Nc1ccc(F)cc1C(=O)NCCc1ccncc1. The van der Waals surface area contributed by atoms with Crippen molar-refractivity contribution in [3.05, 3.63) is 59.7 Å². The van der Waals surface area contributed by atoms with Gasteiger partial charge in [0.1, 0.15) is 5.82 Å². The van der Waals surface area contributed by atoms with Gasteiger partial charge in [-0.2, -0.15) is 0 Å². The molecule has 0 radical (unpaired) electrons. The second-order valence-electron chi connectivity index (χ2n) is 4.09. The molecule has 2 rings (SSSR count). The van der Waals surface area contributed by atoms with Crippen molar-refractivity contribution in [2.75, 3.05) is 12.3 Å². The van der Waals surface area contributed by atoms with E-state index in [0.29, 0.717) is 13.0 Å². The van der Waals surface area contributed by atoms with Crippen molar-refractivity contribution >= 4 is 11.6 Å². The van der Waals surface area contributed by atoms with Crippen molar-refractivity contribution in [2.24, 2.45) is 0 Å². The maximum atomic E-state index is 13.1. The molecule has 1 aromatic heterocycles. The van der Waals surface area contributed by atoms with Crippen LogP contribution < -0.4 is 11.1 Å². The van der Waals surface area contributed by atoms with Gasteiger partial charge in [0.15, 0.2) is 0 Å². The fourth-order valence-electron chi connectivity index (χ4n) is 1.69. The fourth-order valence-corrected chi connectivity index (χ4v) is 1.69. The van der Waals surface area contributed by atoms with Gasteiger partial charge in [-0.1, -0.05) is 0 Å². The molecule has 1 heterocycles. The maximum Gasteiger partial charge on any atom is 0.253 e. The van der Waals surface area contributed by atoms with Crippen molar-refractivity contribution in [3.63, 3.8) is 0 Å². The maximum absolute atomic E-state index is 13.1. The van der Waals surface area contributed by atoms with E-state index >= 15 is 0 Å². The molecule has 4 nitrogen and oxygen atoms in total. The van der Waals surface area contributed by atoms with Crippen LogP contribution in [0.5, 0.6) is 0 Å². The van der Waals surface area contributed by atoms with E-state index in [2.05, 4.69) is 10.3 Å². The number of carbonyl (C=O) groups is 1. The van der Waals surface area contributed by atoms with Gasteiger partial charge in [-0.05, 0) is 42.3 Å². The number of nitrogens with two attached hydrogens (primary N) is 1. The van der Waals surface area contributed by atoms with Gasteiger partial charge in [0.05, 0.1) is 5.56 Å². The molecule has 1 aromatic carbocycles. The third-order valence-corrected chi connectivity index (χ3v) is 2.71. The predicted octanol–water partition coefficient (Wildman–Crippen LogP) is 1.78. The van der Waals surface area contributed by atoms with Gasteiger partial charge in [-0.25, -0.2) is 4.39 Å². The fraction of sp³-hybridized carbons (Fsp3) is 0.143. The summed E-state index contributed by atoms with van der Waals surface area (Å²) in [6.07, 6.45) is 4.08. The third kappa shape index (κ3) is 3.51. The predicted molar refractivity (Wildman–Crippen MR) is 71.1 cm³/mol. The second-order valence-corrected chi connectivity index (χ2v) is 4.09. The van der Waals surface area contributed by atoms with Crippen molar-refractivity contribution in [3.8, 4) is 0 Å². The number of aromatic nitrogens is 1. The summed E-state index contributed by atoms with van der Waals surface area (Å²) in [6.45, 7) is 0.457. The summed E-state index contributed by atoms with van der Waals surface area (Å²) < 4.78 is 13.1. The second kappa shape index (κ2) is 5.95. The molecule has 19 heavy (non-hydrogen) atoms. The number of amides is 1. The molecule has 0 spiro atoms. The van der Waals surface area contributed by atoms with Gasteiger partial charge in [0.2, 0.25) is 0 Å². The molecule has 3 N–H and O–H groups in total. The normalized spacial score (nSPS) is 10.2. The molecule has 0 fully saturated rings. The van der Waals surface area contributed by atoms with E-state index in [1.807, 2.05) is 12.1 Å². The number of nitrogens with zero attached hydrogens (tertiary/aromatic N) is 1. The molecule has 0 aliphatic carbocycles. The number of benzene rings is 1. The standard InChI is InChI=1S/C14H14FN3O/c15-11-1-2-13(16)12(9-11)14(19)18-8-5-10-3-6-17-7-4-10/h1-4,6-7,9H,5,8,16H2,(H,18,19). The number of hydrogen-bond acceptors (Lipinski definition) is 3. The van der Waals surface area contributed by atoms with Gasteiger partial charge < -0.3 is 11.1 Å². The van der Waals surface area contributed by atoms with E-state index < -0.39 is 5.82 Å². The molecule has 0 bridgehead atoms. The first-order valence-corrected chi connectivity index (χ1v) is 5.89. The minimum absolute atomic E-state index is 0.162. The minimum atomic E-state index is -0.478. The van der Waals surface area contributed by atoms with Crippen molar-refractivity contribution in [1.82, 2.24) is 10.3 Å². The van der Waals surface area contributed by atoms with Crippen LogP contribution in [0.3, 0.4) is 0 Å². The van der Waals surface area contributed by atoms with Gasteiger partial charge in [-0.15, -0.1) is 0 Å². The molecule has 1 amide bonds. The van der Waals surface area contributed by atoms with E-state index in [1.54, 1.807) is 12.4 Å². The van der Waals surface area contributed by atoms with Crippen LogP contribution in [0.25, 0.3) is 0 Å². The Bertz CT molecular complexity index is 572. The van der Waals surface area contributed by atoms with E-state index in [0.717, 1.165) is 11.6 Å². The van der Waals surface area contributed by atoms with Crippen LogP contribution in [0.2, 0.25) is 0 Å². The molecule has 0 aliphatic heterocycles. The lowest BCUT2D eigenvalue weighted by Gasteiger charge is -2.07. The van der Waals surface area contributed by atoms with Crippen molar-refractivity contribution < 1.29 is 9.18 Å².